The Hall–Kier alpha value is -3.70. The molecule has 7 aromatic rings. The van der Waals surface area contributed by atoms with Gasteiger partial charge in [-0.1, -0.05) is 89.6 Å². The molecule has 0 N–H and O–H groups in total. The quantitative estimate of drug-likeness (QED) is 0.167. The fourth-order valence-electron chi connectivity index (χ4n) is 4.68. The largest absolute Gasteiger partial charge is 0.498 e. The van der Waals surface area contributed by atoms with E-state index in [1.165, 1.54) is 12.3 Å². The second kappa shape index (κ2) is 13.0. The van der Waals surface area contributed by atoms with Crippen molar-refractivity contribution >= 4 is 43.5 Å². The minimum atomic E-state index is -2.14. The molecule has 1 radical (unpaired) electrons. The summed E-state index contributed by atoms with van der Waals surface area (Å²) >= 11 is 1.65. The smallest absolute Gasteiger partial charge is 0.148 e. The first kappa shape index (κ1) is 22.7. The first-order valence-corrected chi connectivity index (χ1v) is 15.0. The van der Waals surface area contributed by atoms with Gasteiger partial charge in [-0.2, -0.15) is 0 Å². The average molecular weight is 797 g/mol. The molecule has 0 aliphatic heterocycles. The number of benzene rings is 3. The standard InChI is InChI=1S/C22H17N2OS.C17H20N.Ir/c1-22(2,3)21-24-18-17(26-21)11-10-14-13-7-6-8-15(19(13)25-20(14)18)16-9-4-5-12-23-16;1-13-5-8-15(9-6-13)16-10-7-14(12-18-16)11-17(2,3)4;/h4-7,9-12H,1-3H3;5-8,10,12H,11H2,1-4H3;/q2*-1;/i4D,5D,9D,12D;1D3,11D2;. The fraction of sp³-hybridized carbons (Fsp3) is 0.256. The van der Waals surface area contributed by atoms with Gasteiger partial charge in [0, 0.05) is 50.1 Å². The molecule has 0 fully saturated rings. The van der Waals surface area contributed by atoms with Crippen molar-refractivity contribution in [3.05, 3.63) is 113 Å². The molecule has 0 saturated carbocycles. The summed E-state index contributed by atoms with van der Waals surface area (Å²) in [6, 6.07) is 20.9. The Bertz CT molecular complexity index is 2480. The minimum absolute atomic E-state index is 0. The molecule has 0 bridgehead atoms. The van der Waals surface area contributed by atoms with Crippen molar-refractivity contribution in [1.29, 1.82) is 0 Å². The number of aryl methyl sites for hydroxylation is 1. The number of fused-ring (bicyclic) bond motifs is 5. The van der Waals surface area contributed by atoms with E-state index in [0.29, 0.717) is 33.6 Å². The molecule has 0 atom stereocenters. The van der Waals surface area contributed by atoms with E-state index in [1.54, 1.807) is 41.7 Å². The Kier molecular flexibility index (Phi) is 6.55. The second-order valence-corrected chi connectivity index (χ2v) is 13.5. The Morgan fingerprint density at radius 3 is 2.42 bits per heavy atom. The number of furan rings is 1. The van der Waals surface area contributed by atoms with Crippen molar-refractivity contribution in [3.63, 3.8) is 0 Å². The van der Waals surface area contributed by atoms with Crippen LogP contribution in [0.2, 0.25) is 0 Å². The van der Waals surface area contributed by atoms with Gasteiger partial charge in [-0.3, -0.25) is 0 Å². The molecule has 0 spiro atoms. The average Bonchev–Trinajstić information content (AvgIpc) is 3.71. The van der Waals surface area contributed by atoms with Crippen LogP contribution in [0.5, 0.6) is 0 Å². The van der Waals surface area contributed by atoms with Gasteiger partial charge in [0.25, 0.3) is 0 Å². The van der Waals surface area contributed by atoms with Crippen LogP contribution in [-0.4, -0.2) is 15.0 Å². The first-order valence-electron chi connectivity index (χ1n) is 18.7. The van der Waals surface area contributed by atoms with Crippen LogP contribution in [0.1, 0.15) is 70.0 Å². The van der Waals surface area contributed by atoms with E-state index in [-0.39, 0.29) is 61.1 Å². The van der Waals surface area contributed by atoms with E-state index < -0.39 is 18.6 Å². The zero-order chi connectivity index (χ0) is 38.8. The SMILES string of the molecule is [2H]C([2H])([2H])c1c[c-]c(-c2ccc(C([2H])([2H])C(C)(C)C)cn2)cc1.[2H]c1nc(-c2[c-]ccc3c2oc2c3ccc3sc(C(C)(C)C)nc32)c([2H])c([2H])c1[2H].[Ir]. The summed E-state index contributed by atoms with van der Waals surface area (Å²) in [5, 5.41) is 2.76. The molecule has 0 aliphatic rings. The topological polar surface area (TPSA) is 51.8 Å². The Morgan fingerprint density at radius 2 is 1.73 bits per heavy atom. The normalized spacial score (nSPS) is 15.3. The molecule has 0 aliphatic carbocycles. The van der Waals surface area contributed by atoms with Crippen molar-refractivity contribution in [2.24, 2.45) is 5.41 Å². The summed E-state index contributed by atoms with van der Waals surface area (Å²) in [6.45, 7) is 9.79. The Morgan fingerprint density at radius 1 is 0.911 bits per heavy atom. The van der Waals surface area contributed by atoms with Crippen LogP contribution in [-0.2, 0) is 31.9 Å². The number of thiazole rings is 1. The molecule has 3 aromatic carbocycles. The third kappa shape index (κ3) is 7.25. The second-order valence-electron chi connectivity index (χ2n) is 12.5. The fourth-order valence-corrected chi connectivity index (χ4v) is 5.70. The molecule has 231 valence electrons. The maximum atomic E-state index is 8.26. The van der Waals surface area contributed by atoms with E-state index >= 15 is 0 Å². The molecule has 6 heteroatoms. The number of pyridine rings is 2. The molecule has 7 rings (SSSR count). The first-order chi connectivity index (χ1) is 24.6. The van der Waals surface area contributed by atoms with Crippen molar-refractivity contribution in [3.8, 4) is 22.5 Å². The molecule has 0 unspecified atom stereocenters. The number of hydrogen-bond donors (Lipinski definition) is 0. The van der Waals surface area contributed by atoms with Crippen LogP contribution < -0.4 is 0 Å². The molecule has 4 nitrogen and oxygen atoms in total. The number of nitrogens with zero attached hydrogens (tertiary/aromatic N) is 3. The van der Waals surface area contributed by atoms with Crippen molar-refractivity contribution in [2.75, 3.05) is 0 Å². The summed E-state index contributed by atoms with van der Waals surface area (Å²) < 4.78 is 77.7. The summed E-state index contributed by atoms with van der Waals surface area (Å²) in [5.41, 5.74) is 3.95. The monoisotopic (exact) mass is 797 g/mol. The minimum Gasteiger partial charge on any atom is -0.498 e. The third-order valence-electron chi connectivity index (χ3n) is 6.68. The van der Waals surface area contributed by atoms with E-state index in [0.717, 1.165) is 26.0 Å². The summed E-state index contributed by atoms with van der Waals surface area (Å²) in [5.74, 6) is 0. The number of aromatic nitrogens is 3. The number of hydrogen-bond acceptors (Lipinski definition) is 5. The Labute approximate surface area is 296 Å². The van der Waals surface area contributed by atoms with E-state index in [4.69, 9.17) is 21.7 Å². The summed E-state index contributed by atoms with van der Waals surface area (Å²) in [6.07, 6.45) is -0.302. The molecular weight excluding hydrogens is 751 g/mol. The van der Waals surface area contributed by atoms with Gasteiger partial charge in [0.15, 0.2) is 0 Å². The van der Waals surface area contributed by atoms with Gasteiger partial charge >= 0.3 is 0 Å². The van der Waals surface area contributed by atoms with E-state index in [2.05, 4.69) is 42.9 Å². The van der Waals surface area contributed by atoms with Gasteiger partial charge in [-0.15, -0.1) is 64.9 Å². The van der Waals surface area contributed by atoms with Crippen molar-refractivity contribution in [2.45, 2.75) is 60.2 Å². The zero-order valence-corrected chi connectivity index (χ0v) is 29.0. The molecule has 0 saturated heterocycles. The Balaban J connectivity index is 0.000000212. The maximum Gasteiger partial charge on any atom is 0.148 e. The predicted molar refractivity (Wildman–Crippen MR) is 184 cm³/mol. The molecular formula is C39H37IrN3OS-2. The number of rotatable bonds is 3. The van der Waals surface area contributed by atoms with E-state index in [1.807, 2.05) is 39.0 Å². The molecule has 4 aromatic heterocycles. The van der Waals surface area contributed by atoms with Gasteiger partial charge in [0.2, 0.25) is 0 Å². The van der Waals surface area contributed by atoms with Gasteiger partial charge in [0.1, 0.15) is 11.1 Å². The summed E-state index contributed by atoms with van der Waals surface area (Å²) in [7, 11) is 0. The van der Waals surface area contributed by atoms with Crippen LogP contribution in [0.25, 0.3) is 54.7 Å². The van der Waals surface area contributed by atoms with Crippen LogP contribution in [0.3, 0.4) is 0 Å². The van der Waals surface area contributed by atoms with Gasteiger partial charge in [0.05, 0.1) is 20.8 Å². The van der Waals surface area contributed by atoms with Crippen LogP contribution in [0.15, 0.2) is 89.5 Å². The van der Waals surface area contributed by atoms with E-state index in [9.17, 15) is 0 Å². The van der Waals surface area contributed by atoms with Gasteiger partial charge in [-0.25, -0.2) is 4.98 Å². The van der Waals surface area contributed by atoms with Crippen LogP contribution >= 0.6 is 11.3 Å². The van der Waals surface area contributed by atoms with Crippen molar-refractivity contribution in [1.82, 2.24) is 15.0 Å². The maximum absolute atomic E-state index is 8.26. The molecule has 45 heavy (non-hydrogen) atoms. The van der Waals surface area contributed by atoms with Crippen LogP contribution in [0.4, 0.5) is 0 Å². The van der Waals surface area contributed by atoms with Crippen molar-refractivity contribution < 1.29 is 36.9 Å². The van der Waals surface area contributed by atoms with Gasteiger partial charge < -0.3 is 14.4 Å². The summed E-state index contributed by atoms with van der Waals surface area (Å²) in [4.78, 5) is 13.2. The molecule has 0 amide bonds. The predicted octanol–water partition coefficient (Wildman–Crippen LogP) is 10.8. The molecule has 4 heterocycles. The zero-order valence-electron chi connectivity index (χ0n) is 34.8. The van der Waals surface area contributed by atoms with Crippen LogP contribution in [0, 0.1) is 24.4 Å². The third-order valence-corrected chi connectivity index (χ3v) is 8.12. The van der Waals surface area contributed by atoms with Gasteiger partial charge in [-0.05, 0) is 40.8 Å².